The lowest BCUT2D eigenvalue weighted by molar-refractivity contribution is -0.151. The standard InChI is InChI=1S/C11H15NO3S/c1-7-11(10(13)14,3-4-15-7)5-9-6-16-8(2)12-9/h6-7H,3-5H2,1-2H3,(H,13,14). The first-order valence-corrected chi connectivity index (χ1v) is 6.18. The maximum atomic E-state index is 11.4. The number of hydrogen-bond donors (Lipinski definition) is 1. The fourth-order valence-corrected chi connectivity index (χ4v) is 2.79. The van der Waals surface area contributed by atoms with Crippen LogP contribution in [0.15, 0.2) is 5.38 Å². The SMILES string of the molecule is Cc1nc(CC2(C(=O)O)CCOC2C)cs1. The number of aromatic nitrogens is 1. The third kappa shape index (κ3) is 1.85. The van der Waals surface area contributed by atoms with Gasteiger partial charge in [0, 0.05) is 18.4 Å². The van der Waals surface area contributed by atoms with Crippen LogP contribution in [-0.4, -0.2) is 28.8 Å². The average Bonchev–Trinajstić information content (AvgIpc) is 2.76. The summed E-state index contributed by atoms with van der Waals surface area (Å²) in [5.74, 6) is -0.775. The van der Waals surface area contributed by atoms with Gasteiger partial charge in [0.05, 0.1) is 16.8 Å². The third-order valence-corrected chi connectivity index (χ3v) is 4.11. The Labute approximate surface area is 98.3 Å². The summed E-state index contributed by atoms with van der Waals surface area (Å²) in [5, 5.41) is 12.3. The molecule has 0 bridgehead atoms. The number of carboxylic acid groups (broad SMARTS) is 1. The van der Waals surface area contributed by atoms with E-state index in [9.17, 15) is 9.90 Å². The molecular formula is C11H15NO3S. The van der Waals surface area contributed by atoms with Crippen molar-refractivity contribution in [1.29, 1.82) is 0 Å². The number of hydrogen-bond acceptors (Lipinski definition) is 4. The molecule has 88 valence electrons. The lowest BCUT2D eigenvalue weighted by atomic mass is 9.78. The molecule has 0 radical (unpaired) electrons. The predicted molar refractivity (Wildman–Crippen MR) is 60.7 cm³/mol. The van der Waals surface area contributed by atoms with Crippen molar-refractivity contribution < 1.29 is 14.6 Å². The molecule has 2 unspecified atom stereocenters. The number of nitrogens with zero attached hydrogens (tertiary/aromatic N) is 1. The first-order valence-electron chi connectivity index (χ1n) is 5.30. The van der Waals surface area contributed by atoms with Gasteiger partial charge in [0.15, 0.2) is 0 Å². The Hall–Kier alpha value is -0.940. The number of rotatable bonds is 3. The van der Waals surface area contributed by atoms with Crippen LogP contribution >= 0.6 is 11.3 Å². The summed E-state index contributed by atoms with van der Waals surface area (Å²) in [6.45, 7) is 4.28. The van der Waals surface area contributed by atoms with Crippen molar-refractivity contribution in [2.45, 2.75) is 32.8 Å². The van der Waals surface area contributed by atoms with Crippen molar-refractivity contribution in [3.05, 3.63) is 16.1 Å². The number of aryl methyl sites for hydroxylation is 1. The van der Waals surface area contributed by atoms with Crippen molar-refractivity contribution >= 4 is 17.3 Å². The first kappa shape index (κ1) is 11.5. The zero-order chi connectivity index (χ0) is 11.8. The van der Waals surface area contributed by atoms with Gasteiger partial charge in [-0.1, -0.05) is 0 Å². The van der Waals surface area contributed by atoms with Gasteiger partial charge in [-0.05, 0) is 20.3 Å². The molecule has 0 spiro atoms. The molecule has 2 atom stereocenters. The Balaban J connectivity index is 2.24. The van der Waals surface area contributed by atoms with E-state index in [2.05, 4.69) is 4.98 Å². The summed E-state index contributed by atoms with van der Waals surface area (Å²) < 4.78 is 5.40. The number of carbonyl (C=O) groups is 1. The van der Waals surface area contributed by atoms with Crippen molar-refractivity contribution in [2.24, 2.45) is 5.41 Å². The van der Waals surface area contributed by atoms with Crippen LogP contribution in [0.5, 0.6) is 0 Å². The predicted octanol–water partition coefficient (Wildman–Crippen LogP) is 1.87. The molecule has 2 heterocycles. The summed E-state index contributed by atoms with van der Waals surface area (Å²) in [4.78, 5) is 15.8. The number of ether oxygens (including phenoxy) is 1. The third-order valence-electron chi connectivity index (χ3n) is 3.28. The Morgan fingerprint density at radius 3 is 3.00 bits per heavy atom. The van der Waals surface area contributed by atoms with E-state index < -0.39 is 11.4 Å². The monoisotopic (exact) mass is 241 g/mol. The minimum Gasteiger partial charge on any atom is -0.481 e. The normalized spacial score (nSPS) is 29.5. The van der Waals surface area contributed by atoms with E-state index in [1.165, 1.54) is 0 Å². The van der Waals surface area contributed by atoms with Gasteiger partial charge in [-0.25, -0.2) is 4.98 Å². The van der Waals surface area contributed by atoms with Crippen LogP contribution in [0.3, 0.4) is 0 Å². The summed E-state index contributed by atoms with van der Waals surface area (Å²) >= 11 is 1.55. The van der Waals surface area contributed by atoms with Gasteiger partial charge in [0.1, 0.15) is 5.41 Å². The summed E-state index contributed by atoms with van der Waals surface area (Å²) in [5.41, 5.74) is 0.0720. The van der Waals surface area contributed by atoms with Crippen LogP contribution < -0.4 is 0 Å². The van der Waals surface area contributed by atoms with E-state index >= 15 is 0 Å². The highest BCUT2D eigenvalue weighted by atomic mass is 32.1. The molecule has 2 rings (SSSR count). The minimum absolute atomic E-state index is 0.244. The summed E-state index contributed by atoms with van der Waals surface area (Å²) in [7, 11) is 0. The van der Waals surface area contributed by atoms with Crippen LogP contribution in [0, 0.1) is 12.3 Å². The largest absolute Gasteiger partial charge is 0.481 e. The molecule has 1 N–H and O–H groups in total. The number of aliphatic carboxylic acids is 1. The fraction of sp³-hybridized carbons (Fsp3) is 0.636. The van der Waals surface area contributed by atoms with E-state index in [0.717, 1.165) is 10.7 Å². The molecule has 0 saturated carbocycles. The second-order valence-electron chi connectivity index (χ2n) is 4.26. The van der Waals surface area contributed by atoms with Gasteiger partial charge in [-0.2, -0.15) is 0 Å². The average molecular weight is 241 g/mol. The van der Waals surface area contributed by atoms with Crippen molar-refractivity contribution in [3.8, 4) is 0 Å². The zero-order valence-electron chi connectivity index (χ0n) is 9.40. The highest BCUT2D eigenvalue weighted by molar-refractivity contribution is 7.09. The van der Waals surface area contributed by atoms with E-state index in [1.807, 2.05) is 19.2 Å². The molecule has 5 heteroatoms. The van der Waals surface area contributed by atoms with Crippen LogP contribution in [0.2, 0.25) is 0 Å². The molecule has 1 aliphatic heterocycles. The highest BCUT2D eigenvalue weighted by Crippen LogP contribution is 2.38. The Morgan fingerprint density at radius 1 is 1.81 bits per heavy atom. The minimum atomic E-state index is -0.791. The van der Waals surface area contributed by atoms with Crippen molar-refractivity contribution in [1.82, 2.24) is 4.98 Å². The van der Waals surface area contributed by atoms with E-state index in [-0.39, 0.29) is 6.10 Å². The van der Waals surface area contributed by atoms with E-state index in [1.54, 1.807) is 11.3 Å². The fourth-order valence-electron chi connectivity index (χ4n) is 2.18. The first-order chi connectivity index (χ1) is 7.54. The van der Waals surface area contributed by atoms with Gasteiger partial charge < -0.3 is 9.84 Å². The lowest BCUT2D eigenvalue weighted by Crippen LogP contribution is -2.39. The number of carboxylic acids is 1. The molecule has 1 aromatic rings. The van der Waals surface area contributed by atoms with Gasteiger partial charge in [0.25, 0.3) is 0 Å². The van der Waals surface area contributed by atoms with Crippen molar-refractivity contribution in [2.75, 3.05) is 6.61 Å². The van der Waals surface area contributed by atoms with Crippen LogP contribution in [0.4, 0.5) is 0 Å². The molecule has 0 amide bonds. The lowest BCUT2D eigenvalue weighted by Gasteiger charge is -2.26. The van der Waals surface area contributed by atoms with Crippen molar-refractivity contribution in [3.63, 3.8) is 0 Å². The Morgan fingerprint density at radius 2 is 2.56 bits per heavy atom. The second-order valence-corrected chi connectivity index (χ2v) is 5.32. The van der Waals surface area contributed by atoms with Gasteiger partial charge in [0.2, 0.25) is 0 Å². The summed E-state index contributed by atoms with van der Waals surface area (Å²) in [6, 6.07) is 0. The molecule has 1 aliphatic rings. The zero-order valence-corrected chi connectivity index (χ0v) is 10.2. The molecule has 16 heavy (non-hydrogen) atoms. The topological polar surface area (TPSA) is 59.4 Å². The maximum absolute atomic E-state index is 11.4. The molecule has 1 fully saturated rings. The molecule has 1 aromatic heterocycles. The quantitative estimate of drug-likeness (QED) is 0.877. The maximum Gasteiger partial charge on any atom is 0.312 e. The molecular weight excluding hydrogens is 226 g/mol. The summed E-state index contributed by atoms with van der Waals surface area (Å²) in [6.07, 6.45) is 0.792. The van der Waals surface area contributed by atoms with Crippen LogP contribution in [0.1, 0.15) is 24.0 Å². The van der Waals surface area contributed by atoms with Gasteiger partial charge in [-0.15, -0.1) is 11.3 Å². The van der Waals surface area contributed by atoms with Crippen LogP contribution in [0.25, 0.3) is 0 Å². The molecule has 4 nitrogen and oxygen atoms in total. The van der Waals surface area contributed by atoms with E-state index in [0.29, 0.717) is 19.4 Å². The highest BCUT2D eigenvalue weighted by Gasteiger charge is 2.48. The molecule has 1 saturated heterocycles. The van der Waals surface area contributed by atoms with Crippen LogP contribution in [-0.2, 0) is 16.0 Å². The Bertz CT molecular complexity index is 404. The Kier molecular flexibility index (Phi) is 2.99. The number of thiazole rings is 1. The van der Waals surface area contributed by atoms with E-state index in [4.69, 9.17) is 4.74 Å². The molecule has 0 aliphatic carbocycles. The van der Waals surface area contributed by atoms with Gasteiger partial charge in [-0.3, -0.25) is 4.79 Å². The van der Waals surface area contributed by atoms with Gasteiger partial charge >= 0.3 is 5.97 Å². The second kappa shape index (κ2) is 4.14. The molecule has 0 aromatic carbocycles. The smallest absolute Gasteiger partial charge is 0.312 e.